The highest BCUT2D eigenvalue weighted by atomic mass is 32.1. The Morgan fingerprint density at radius 1 is 1.13 bits per heavy atom. The number of hydrogen-bond donors (Lipinski definition) is 1. The van der Waals surface area contributed by atoms with E-state index in [-0.39, 0.29) is 18.3 Å². The smallest absolute Gasteiger partial charge is 0.311 e. The second kappa shape index (κ2) is 9.02. The molecule has 1 N–H and O–H groups in total. The second-order valence-electron chi connectivity index (χ2n) is 6.22. The summed E-state index contributed by atoms with van der Waals surface area (Å²) in [6.45, 7) is 2.08. The standard InChI is InChI=1S/C21H18N4O3S2/c1-2-28-19(26)11-14-13-30-21(22-14)23-20(27)17-12-16(18-9-6-10-29-18)24-25(17)15-7-4-3-5-8-15/h3-10,12-13H,2,11H2,1H3,(H,22,23,27). The van der Waals surface area contributed by atoms with E-state index in [1.165, 1.54) is 11.3 Å². The van der Waals surface area contributed by atoms with Crippen LogP contribution in [0.4, 0.5) is 5.13 Å². The first-order valence-corrected chi connectivity index (χ1v) is 11.0. The van der Waals surface area contributed by atoms with Crippen molar-refractivity contribution in [3.63, 3.8) is 0 Å². The molecule has 0 aliphatic rings. The van der Waals surface area contributed by atoms with Crippen LogP contribution in [-0.2, 0) is 16.0 Å². The number of rotatable bonds is 7. The van der Waals surface area contributed by atoms with Gasteiger partial charge in [-0.05, 0) is 36.6 Å². The highest BCUT2D eigenvalue weighted by molar-refractivity contribution is 7.14. The van der Waals surface area contributed by atoms with Gasteiger partial charge in [-0.25, -0.2) is 9.67 Å². The van der Waals surface area contributed by atoms with Crippen molar-refractivity contribution in [1.82, 2.24) is 14.8 Å². The molecule has 0 atom stereocenters. The fourth-order valence-corrected chi connectivity index (χ4v) is 4.21. The van der Waals surface area contributed by atoms with E-state index in [0.29, 0.717) is 23.1 Å². The van der Waals surface area contributed by atoms with E-state index < -0.39 is 0 Å². The Labute approximate surface area is 181 Å². The Bertz CT molecular complexity index is 1150. The lowest BCUT2D eigenvalue weighted by atomic mass is 10.3. The Morgan fingerprint density at radius 3 is 2.70 bits per heavy atom. The van der Waals surface area contributed by atoms with Crippen molar-refractivity contribution in [2.75, 3.05) is 11.9 Å². The molecule has 0 spiro atoms. The van der Waals surface area contributed by atoms with Gasteiger partial charge in [-0.2, -0.15) is 5.10 Å². The molecule has 0 fully saturated rings. The zero-order valence-corrected chi connectivity index (χ0v) is 17.7. The number of esters is 1. The van der Waals surface area contributed by atoms with Crippen LogP contribution in [0.25, 0.3) is 16.3 Å². The third kappa shape index (κ3) is 4.47. The molecule has 9 heteroatoms. The van der Waals surface area contributed by atoms with Crippen molar-refractivity contribution in [2.24, 2.45) is 0 Å². The third-order valence-corrected chi connectivity index (χ3v) is 5.82. The van der Waals surface area contributed by atoms with E-state index in [0.717, 1.165) is 16.3 Å². The molecule has 1 amide bonds. The molecular formula is C21H18N4O3S2. The lowest BCUT2D eigenvalue weighted by molar-refractivity contribution is -0.142. The molecule has 0 unspecified atom stereocenters. The van der Waals surface area contributed by atoms with Crippen LogP contribution >= 0.6 is 22.7 Å². The predicted octanol–water partition coefficient (Wildman–Crippen LogP) is 4.42. The van der Waals surface area contributed by atoms with Gasteiger partial charge in [-0.1, -0.05) is 24.3 Å². The molecule has 0 radical (unpaired) electrons. The van der Waals surface area contributed by atoms with Crippen LogP contribution in [0.2, 0.25) is 0 Å². The average Bonchev–Trinajstić information content (AvgIpc) is 3.49. The minimum absolute atomic E-state index is 0.0741. The van der Waals surface area contributed by atoms with Gasteiger partial charge in [-0.15, -0.1) is 22.7 Å². The van der Waals surface area contributed by atoms with Crippen molar-refractivity contribution < 1.29 is 14.3 Å². The summed E-state index contributed by atoms with van der Waals surface area (Å²) in [5.41, 5.74) is 2.46. The summed E-state index contributed by atoms with van der Waals surface area (Å²) in [5, 5.41) is 11.6. The number of aromatic nitrogens is 3. The molecule has 1 aromatic carbocycles. The number of hydrogen-bond acceptors (Lipinski definition) is 7. The van der Waals surface area contributed by atoms with Crippen LogP contribution in [0.15, 0.2) is 59.3 Å². The number of ether oxygens (including phenoxy) is 1. The fraction of sp³-hybridized carbons (Fsp3) is 0.143. The van der Waals surface area contributed by atoms with Crippen molar-refractivity contribution in [3.05, 3.63) is 70.7 Å². The highest BCUT2D eigenvalue weighted by Gasteiger charge is 2.19. The van der Waals surface area contributed by atoms with Crippen LogP contribution in [0.1, 0.15) is 23.1 Å². The number of para-hydroxylation sites is 1. The lowest BCUT2D eigenvalue weighted by Crippen LogP contribution is -2.17. The minimum atomic E-state index is -0.344. The molecule has 4 aromatic rings. The average molecular weight is 439 g/mol. The third-order valence-electron chi connectivity index (χ3n) is 4.12. The molecule has 0 saturated heterocycles. The van der Waals surface area contributed by atoms with Crippen molar-refractivity contribution in [2.45, 2.75) is 13.3 Å². The SMILES string of the molecule is CCOC(=O)Cc1csc(NC(=O)c2cc(-c3cccs3)nn2-c2ccccc2)n1. The number of nitrogens with one attached hydrogen (secondary N) is 1. The van der Waals surface area contributed by atoms with Gasteiger partial charge >= 0.3 is 5.97 Å². The number of thiazole rings is 1. The molecular weight excluding hydrogens is 420 g/mol. The van der Waals surface area contributed by atoms with Crippen LogP contribution in [0.3, 0.4) is 0 Å². The van der Waals surface area contributed by atoms with Crippen LogP contribution < -0.4 is 5.32 Å². The van der Waals surface area contributed by atoms with Gasteiger partial charge in [-0.3, -0.25) is 14.9 Å². The molecule has 0 saturated carbocycles. The molecule has 0 aliphatic heterocycles. The first-order chi connectivity index (χ1) is 14.6. The number of thiophene rings is 1. The zero-order valence-electron chi connectivity index (χ0n) is 16.1. The van der Waals surface area contributed by atoms with E-state index >= 15 is 0 Å². The highest BCUT2D eigenvalue weighted by Crippen LogP contribution is 2.26. The molecule has 0 aliphatic carbocycles. The number of anilines is 1. The molecule has 152 valence electrons. The summed E-state index contributed by atoms with van der Waals surface area (Å²) < 4.78 is 6.56. The van der Waals surface area contributed by atoms with Gasteiger partial charge < -0.3 is 4.74 Å². The molecule has 4 rings (SSSR count). The summed E-state index contributed by atoms with van der Waals surface area (Å²) in [6.07, 6.45) is 0.0741. The summed E-state index contributed by atoms with van der Waals surface area (Å²) in [5.74, 6) is -0.672. The largest absolute Gasteiger partial charge is 0.466 e. The van der Waals surface area contributed by atoms with Crippen LogP contribution in [0, 0.1) is 0 Å². The topological polar surface area (TPSA) is 86.1 Å². The summed E-state index contributed by atoms with van der Waals surface area (Å²) in [6, 6.07) is 15.2. The lowest BCUT2D eigenvalue weighted by Gasteiger charge is -2.06. The second-order valence-corrected chi connectivity index (χ2v) is 8.03. The van der Waals surface area contributed by atoms with E-state index in [9.17, 15) is 9.59 Å². The molecule has 3 aromatic heterocycles. The summed E-state index contributed by atoms with van der Waals surface area (Å²) in [7, 11) is 0. The monoisotopic (exact) mass is 438 g/mol. The van der Waals surface area contributed by atoms with Crippen LogP contribution in [-0.4, -0.2) is 33.2 Å². The van der Waals surface area contributed by atoms with Gasteiger partial charge in [0.05, 0.1) is 29.3 Å². The summed E-state index contributed by atoms with van der Waals surface area (Å²) >= 11 is 2.82. The maximum absolute atomic E-state index is 13.0. The van der Waals surface area contributed by atoms with E-state index in [1.807, 2.05) is 47.8 Å². The first-order valence-electron chi connectivity index (χ1n) is 9.24. The van der Waals surface area contributed by atoms with E-state index in [1.54, 1.807) is 34.4 Å². The number of amides is 1. The van der Waals surface area contributed by atoms with E-state index in [4.69, 9.17) is 4.74 Å². The molecule has 7 nitrogen and oxygen atoms in total. The van der Waals surface area contributed by atoms with E-state index in [2.05, 4.69) is 15.4 Å². The Morgan fingerprint density at radius 2 is 1.97 bits per heavy atom. The van der Waals surface area contributed by atoms with Crippen LogP contribution in [0.5, 0.6) is 0 Å². The normalized spacial score (nSPS) is 10.7. The van der Waals surface area contributed by atoms with Gasteiger partial charge in [0, 0.05) is 5.38 Å². The van der Waals surface area contributed by atoms with Gasteiger partial charge in [0.1, 0.15) is 11.4 Å². The Kier molecular flexibility index (Phi) is 6.01. The number of nitrogens with zero attached hydrogens (tertiary/aromatic N) is 3. The predicted molar refractivity (Wildman–Crippen MR) is 117 cm³/mol. The number of benzene rings is 1. The van der Waals surface area contributed by atoms with Crippen molar-refractivity contribution >= 4 is 39.7 Å². The first kappa shape index (κ1) is 20.0. The quantitative estimate of drug-likeness (QED) is 0.432. The maximum atomic E-state index is 13.0. The number of carbonyl (C=O) groups is 2. The summed E-state index contributed by atoms with van der Waals surface area (Å²) in [4.78, 5) is 30.0. The number of carbonyl (C=O) groups excluding carboxylic acids is 2. The molecule has 30 heavy (non-hydrogen) atoms. The fourth-order valence-electron chi connectivity index (χ4n) is 2.82. The zero-order chi connectivity index (χ0) is 20.9. The maximum Gasteiger partial charge on any atom is 0.311 e. The van der Waals surface area contributed by atoms with Gasteiger partial charge in [0.25, 0.3) is 5.91 Å². The van der Waals surface area contributed by atoms with Crippen molar-refractivity contribution in [1.29, 1.82) is 0 Å². The molecule has 0 bridgehead atoms. The Hall–Kier alpha value is -3.30. The van der Waals surface area contributed by atoms with Gasteiger partial charge in [0.2, 0.25) is 0 Å². The van der Waals surface area contributed by atoms with Crippen molar-refractivity contribution in [3.8, 4) is 16.3 Å². The Balaban J connectivity index is 1.59. The van der Waals surface area contributed by atoms with Gasteiger partial charge in [0.15, 0.2) is 5.13 Å². The molecule has 3 heterocycles. The minimum Gasteiger partial charge on any atom is -0.466 e.